The van der Waals surface area contributed by atoms with Crippen LogP contribution < -0.4 is 9.62 Å². The van der Waals surface area contributed by atoms with Gasteiger partial charge in [0, 0.05) is 6.04 Å². The quantitative estimate of drug-likeness (QED) is 0.808. The van der Waals surface area contributed by atoms with Gasteiger partial charge in [0.1, 0.15) is 6.54 Å². The van der Waals surface area contributed by atoms with Crippen molar-refractivity contribution < 1.29 is 13.2 Å². The average Bonchev–Trinajstić information content (AvgIpc) is 2.60. The molecule has 26 heavy (non-hydrogen) atoms. The second-order valence-electron chi connectivity index (χ2n) is 6.76. The van der Waals surface area contributed by atoms with Crippen LogP contribution in [0.3, 0.4) is 0 Å². The summed E-state index contributed by atoms with van der Waals surface area (Å²) >= 11 is 0. The van der Waals surface area contributed by atoms with Crippen LogP contribution in [0.15, 0.2) is 59.5 Å². The number of amides is 1. The largest absolute Gasteiger partial charge is 0.352 e. The van der Waals surface area contributed by atoms with E-state index in [0.717, 1.165) is 9.87 Å². The number of aryl methyl sites for hydroxylation is 1. The Morgan fingerprint density at radius 1 is 1.00 bits per heavy atom. The van der Waals surface area contributed by atoms with Gasteiger partial charge in [-0.15, -0.1) is 0 Å². The Morgan fingerprint density at radius 3 is 2.12 bits per heavy atom. The molecule has 5 nitrogen and oxygen atoms in total. The number of carbonyl (C=O) groups is 1. The van der Waals surface area contributed by atoms with Gasteiger partial charge in [0.2, 0.25) is 5.91 Å². The van der Waals surface area contributed by atoms with Crippen molar-refractivity contribution in [3.05, 3.63) is 60.2 Å². The summed E-state index contributed by atoms with van der Waals surface area (Å²) < 4.78 is 27.4. The molecule has 1 amide bonds. The molecule has 0 bridgehead atoms. The molecule has 0 heterocycles. The predicted molar refractivity (Wildman–Crippen MR) is 105 cm³/mol. The van der Waals surface area contributed by atoms with Gasteiger partial charge in [0.05, 0.1) is 10.6 Å². The van der Waals surface area contributed by atoms with E-state index in [0.29, 0.717) is 5.69 Å². The van der Waals surface area contributed by atoms with Crippen LogP contribution in [0, 0.1) is 12.8 Å². The Morgan fingerprint density at radius 2 is 1.58 bits per heavy atom. The number of para-hydroxylation sites is 1. The van der Waals surface area contributed by atoms with E-state index in [1.165, 1.54) is 0 Å². The highest BCUT2D eigenvalue weighted by Gasteiger charge is 2.27. The number of sulfonamides is 1. The number of hydrogen-bond donors (Lipinski definition) is 1. The SMILES string of the molecule is Cc1ccc(S(=O)(=O)N(CC(=O)N[C@H](C)C(C)C)c2ccccc2)cc1. The van der Waals surface area contributed by atoms with Crippen molar-refractivity contribution in [3.8, 4) is 0 Å². The monoisotopic (exact) mass is 374 g/mol. The number of anilines is 1. The van der Waals surface area contributed by atoms with Crippen molar-refractivity contribution in [3.63, 3.8) is 0 Å². The Kier molecular flexibility index (Phi) is 6.42. The number of nitrogens with one attached hydrogen (secondary N) is 1. The van der Waals surface area contributed by atoms with Gasteiger partial charge >= 0.3 is 0 Å². The molecule has 2 aromatic carbocycles. The second-order valence-corrected chi connectivity index (χ2v) is 8.62. The van der Waals surface area contributed by atoms with Crippen molar-refractivity contribution in [1.82, 2.24) is 5.32 Å². The molecular formula is C20H26N2O3S. The molecule has 0 fully saturated rings. The zero-order chi connectivity index (χ0) is 19.3. The Hall–Kier alpha value is -2.34. The molecule has 0 radical (unpaired) electrons. The fourth-order valence-corrected chi connectivity index (χ4v) is 3.76. The van der Waals surface area contributed by atoms with Crippen LogP contribution in [0.2, 0.25) is 0 Å². The van der Waals surface area contributed by atoms with Gasteiger partial charge in [-0.3, -0.25) is 9.10 Å². The molecule has 0 unspecified atom stereocenters. The molecule has 1 atom stereocenters. The molecule has 0 aliphatic rings. The first-order valence-corrected chi connectivity index (χ1v) is 10.1. The van der Waals surface area contributed by atoms with E-state index >= 15 is 0 Å². The van der Waals surface area contributed by atoms with E-state index in [1.54, 1.807) is 54.6 Å². The molecule has 0 spiro atoms. The third-order valence-corrected chi connectivity index (χ3v) is 6.12. The lowest BCUT2D eigenvalue weighted by molar-refractivity contribution is -0.120. The molecule has 6 heteroatoms. The molecular weight excluding hydrogens is 348 g/mol. The first kappa shape index (κ1) is 20.0. The predicted octanol–water partition coefficient (Wildman–Crippen LogP) is 3.35. The summed E-state index contributed by atoms with van der Waals surface area (Å²) in [6.07, 6.45) is 0. The van der Waals surface area contributed by atoms with Gasteiger partial charge in [-0.05, 0) is 44.0 Å². The summed E-state index contributed by atoms with van der Waals surface area (Å²) in [7, 11) is -3.85. The standard InChI is InChI=1S/C20H26N2O3S/c1-15(2)17(4)21-20(23)14-22(18-8-6-5-7-9-18)26(24,25)19-12-10-16(3)11-13-19/h5-13,15,17H,14H2,1-4H3,(H,21,23)/t17-/m1/s1. The van der Waals surface area contributed by atoms with E-state index in [-0.39, 0.29) is 29.3 Å². The minimum Gasteiger partial charge on any atom is -0.352 e. The zero-order valence-electron chi connectivity index (χ0n) is 15.6. The van der Waals surface area contributed by atoms with Crippen LogP contribution in [-0.4, -0.2) is 26.9 Å². The van der Waals surface area contributed by atoms with Crippen LogP contribution in [0.4, 0.5) is 5.69 Å². The van der Waals surface area contributed by atoms with Crippen molar-refractivity contribution in [1.29, 1.82) is 0 Å². The van der Waals surface area contributed by atoms with Crippen LogP contribution in [0.1, 0.15) is 26.3 Å². The minimum atomic E-state index is -3.85. The Bertz CT molecular complexity index is 831. The molecule has 2 aromatic rings. The smallest absolute Gasteiger partial charge is 0.264 e. The highest BCUT2D eigenvalue weighted by molar-refractivity contribution is 7.92. The average molecular weight is 375 g/mol. The summed E-state index contributed by atoms with van der Waals surface area (Å²) in [6, 6.07) is 15.3. The summed E-state index contributed by atoms with van der Waals surface area (Å²) in [5.41, 5.74) is 1.43. The lowest BCUT2D eigenvalue weighted by Crippen LogP contribution is -2.45. The van der Waals surface area contributed by atoms with E-state index in [1.807, 2.05) is 27.7 Å². The number of hydrogen-bond acceptors (Lipinski definition) is 3. The van der Waals surface area contributed by atoms with Gasteiger partial charge in [-0.1, -0.05) is 49.7 Å². The van der Waals surface area contributed by atoms with Gasteiger partial charge < -0.3 is 5.32 Å². The molecule has 0 saturated heterocycles. The fourth-order valence-electron chi connectivity index (χ4n) is 2.34. The van der Waals surface area contributed by atoms with Crippen molar-refractivity contribution in [2.24, 2.45) is 5.92 Å². The summed E-state index contributed by atoms with van der Waals surface area (Å²) in [5, 5.41) is 2.87. The van der Waals surface area contributed by atoms with E-state index < -0.39 is 10.0 Å². The van der Waals surface area contributed by atoms with Crippen molar-refractivity contribution >= 4 is 21.6 Å². The van der Waals surface area contributed by atoms with Crippen LogP contribution >= 0.6 is 0 Å². The van der Waals surface area contributed by atoms with Gasteiger partial charge in [0.25, 0.3) is 10.0 Å². The number of benzene rings is 2. The normalized spacial score (nSPS) is 12.7. The maximum atomic E-state index is 13.1. The summed E-state index contributed by atoms with van der Waals surface area (Å²) in [5.74, 6) is -0.0661. The van der Waals surface area contributed by atoms with E-state index in [4.69, 9.17) is 0 Å². The first-order valence-electron chi connectivity index (χ1n) is 8.65. The second kappa shape index (κ2) is 8.36. The molecule has 140 valence electrons. The summed E-state index contributed by atoms with van der Waals surface area (Å²) in [4.78, 5) is 12.6. The van der Waals surface area contributed by atoms with Crippen molar-refractivity contribution in [2.75, 3.05) is 10.8 Å². The lowest BCUT2D eigenvalue weighted by Gasteiger charge is -2.25. The first-order chi connectivity index (χ1) is 12.2. The number of nitrogens with zero attached hydrogens (tertiary/aromatic N) is 1. The van der Waals surface area contributed by atoms with Crippen molar-refractivity contribution in [2.45, 2.75) is 38.6 Å². The van der Waals surface area contributed by atoms with Crippen LogP contribution in [-0.2, 0) is 14.8 Å². The Labute approximate surface area is 156 Å². The third-order valence-electron chi connectivity index (χ3n) is 4.33. The molecule has 1 N–H and O–H groups in total. The summed E-state index contributed by atoms with van der Waals surface area (Å²) in [6.45, 7) is 7.54. The highest BCUT2D eigenvalue weighted by atomic mass is 32.2. The zero-order valence-corrected chi connectivity index (χ0v) is 16.5. The molecule has 2 rings (SSSR count). The molecule has 0 aliphatic heterocycles. The fraction of sp³-hybridized carbons (Fsp3) is 0.350. The Balaban J connectivity index is 2.36. The van der Waals surface area contributed by atoms with E-state index in [9.17, 15) is 13.2 Å². The third kappa shape index (κ3) is 4.85. The maximum absolute atomic E-state index is 13.1. The number of carbonyl (C=O) groups excluding carboxylic acids is 1. The number of rotatable bonds is 7. The topological polar surface area (TPSA) is 66.5 Å². The van der Waals surface area contributed by atoms with Crippen LogP contribution in [0.5, 0.6) is 0 Å². The maximum Gasteiger partial charge on any atom is 0.264 e. The molecule has 0 aliphatic carbocycles. The van der Waals surface area contributed by atoms with Gasteiger partial charge in [-0.25, -0.2) is 8.42 Å². The lowest BCUT2D eigenvalue weighted by atomic mass is 10.1. The highest BCUT2D eigenvalue weighted by Crippen LogP contribution is 2.23. The minimum absolute atomic E-state index is 0.0396. The van der Waals surface area contributed by atoms with Crippen LogP contribution in [0.25, 0.3) is 0 Å². The molecule has 0 saturated carbocycles. The molecule has 0 aromatic heterocycles. The van der Waals surface area contributed by atoms with Gasteiger partial charge in [-0.2, -0.15) is 0 Å². The van der Waals surface area contributed by atoms with Gasteiger partial charge in [0.15, 0.2) is 0 Å². The van der Waals surface area contributed by atoms with E-state index in [2.05, 4.69) is 5.32 Å².